The van der Waals surface area contributed by atoms with E-state index in [1.54, 1.807) is 6.07 Å². The maximum Gasteiger partial charge on any atom is 0.269 e. The number of nitrogens with zero attached hydrogens (tertiary/aromatic N) is 1. The second-order valence-electron chi connectivity index (χ2n) is 5.46. The summed E-state index contributed by atoms with van der Waals surface area (Å²) in [6, 6.07) is 5.52. The van der Waals surface area contributed by atoms with Crippen molar-refractivity contribution in [2.45, 2.75) is 52.9 Å². The molecular formula is C17H29N3O. The minimum Gasteiger partial charge on any atom is -0.370 e. The molecule has 0 aliphatic rings. The van der Waals surface area contributed by atoms with Crippen molar-refractivity contribution >= 4 is 11.7 Å². The fraction of sp³-hybridized carbons (Fsp3) is 0.647. The van der Waals surface area contributed by atoms with Crippen molar-refractivity contribution in [2.24, 2.45) is 5.92 Å². The molecule has 0 saturated carbocycles. The van der Waals surface area contributed by atoms with Gasteiger partial charge in [-0.1, -0.05) is 46.1 Å². The highest BCUT2D eigenvalue weighted by Crippen LogP contribution is 2.11. The first-order valence-electron chi connectivity index (χ1n) is 8.20. The van der Waals surface area contributed by atoms with Crippen molar-refractivity contribution in [3.8, 4) is 0 Å². The number of carbonyl (C=O) groups excluding carboxylic acids is 1. The molecule has 0 saturated heterocycles. The van der Waals surface area contributed by atoms with Gasteiger partial charge in [-0.15, -0.1) is 0 Å². The summed E-state index contributed by atoms with van der Waals surface area (Å²) in [5.74, 6) is 1.25. The molecular weight excluding hydrogens is 262 g/mol. The lowest BCUT2D eigenvalue weighted by molar-refractivity contribution is 0.0941. The highest BCUT2D eigenvalue weighted by molar-refractivity contribution is 5.92. The summed E-state index contributed by atoms with van der Waals surface area (Å²) in [4.78, 5) is 16.5. The predicted molar refractivity (Wildman–Crippen MR) is 88.7 cm³/mol. The lowest BCUT2D eigenvalue weighted by Crippen LogP contribution is -2.30. The molecule has 0 aromatic carbocycles. The maximum absolute atomic E-state index is 12.2. The van der Waals surface area contributed by atoms with Crippen LogP contribution in [0.4, 0.5) is 5.82 Å². The number of carbonyl (C=O) groups is 1. The van der Waals surface area contributed by atoms with Crippen LogP contribution in [0, 0.1) is 5.92 Å². The Balaban J connectivity index is 2.50. The van der Waals surface area contributed by atoms with Crippen molar-refractivity contribution < 1.29 is 4.79 Å². The normalized spacial score (nSPS) is 12.0. The summed E-state index contributed by atoms with van der Waals surface area (Å²) in [5.41, 5.74) is 0.487. The van der Waals surface area contributed by atoms with Crippen LogP contribution in [-0.2, 0) is 0 Å². The average molecular weight is 291 g/mol. The number of rotatable bonds is 10. The predicted octanol–water partition coefficient (Wildman–Crippen LogP) is 3.85. The minimum atomic E-state index is -0.0786. The zero-order valence-corrected chi connectivity index (χ0v) is 13.6. The third kappa shape index (κ3) is 6.61. The third-order valence-corrected chi connectivity index (χ3v) is 3.63. The molecule has 4 nitrogen and oxygen atoms in total. The van der Waals surface area contributed by atoms with Gasteiger partial charge in [-0.2, -0.15) is 0 Å². The van der Waals surface area contributed by atoms with Gasteiger partial charge < -0.3 is 10.6 Å². The Morgan fingerprint density at radius 1 is 1.24 bits per heavy atom. The lowest BCUT2D eigenvalue weighted by Gasteiger charge is -2.15. The van der Waals surface area contributed by atoms with E-state index in [1.165, 1.54) is 19.3 Å². The molecule has 0 spiro atoms. The van der Waals surface area contributed by atoms with Crippen LogP contribution in [0.1, 0.15) is 63.4 Å². The molecule has 1 atom stereocenters. The van der Waals surface area contributed by atoms with E-state index in [0.717, 1.165) is 31.7 Å². The van der Waals surface area contributed by atoms with Crippen LogP contribution < -0.4 is 10.6 Å². The van der Waals surface area contributed by atoms with E-state index >= 15 is 0 Å². The molecule has 118 valence electrons. The molecule has 0 radical (unpaired) electrons. The van der Waals surface area contributed by atoms with Crippen LogP contribution in [0.15, 0.2) is 18.2 Å². The number of nitrogens with one attached hydrogen (secondary N) is 2. The molecule has 0 fully saturated rings. The Morgan fingerprint density at radius 3 is 2.71 bits per heavy atom. The summed E-state index contributed by atoms with van der Waals surface area (Å²) in [6.45, 7) is 8.09. The van der Waals surface area contributed by atoms with Crippen LogP contribution in [0.25, 0.3) is 0 Å². The van der Waals surface area contributed by atoms with Crippen LogP contribution in [0.5, 0.6) is 0 Å². The summed E-state index contributed by atoms with van der Waals surface area (Å²) < 4.78 is 0. The van der Waals surface area contributed by atoms with Crippen LogP contribution in [-0.4, -0.2) is 24.0 Å². The first kappa shape index (κ1) is 17.5. The standard InChI is InChI=1S/C17H29N3O/c1-4-7-9-14(6-3)13-19-17(21)15-10-8-11-16(20-15)18-12-5-2/h8,10-11,14H,4-7,9,12-13H2,1-3H3,(H,18,20)(H,19,21). The molecule has 0 bridgehead atoms. The van der Waals surface area contributed by atoms with Crippen molar-refractivity contribution in [3.05, 3.63) is 23.9 Å². The molecule has 1 rings (SSSR count). The van der Waals surface area contributed by atoms with Gasteiger partial charge in [0, 0.05) is 13.1 Å². The monoisotopic (exact) mass is 291 g/mol. The van der Waals surface area contributed by atoms with Crippen molar-refractivity contribution in [2.75, 3.05) is 18.4 Å². The Morgan fingerprint density at radius 2 is 2.05 bits per heavy atom. The van der Waals surface area contributed by atoms with Gasteiger partial charge in [0.25, 0.3) is 5.91 Å². The van der Waals surface area contributed by atoms with Gasteiger partial charge in [0.15, 0.2) is 0 Å². The van der Waals surface area contributed by atoms with Crippen molar-refractivity contribution in [3.63, 3.8) is 0 Å². The SMILES string of the molecule is CCCCC(CC)CNC(=O)c1cccc(NCCC)n1. The summed E-state index contributed by atoms with van der Waals surface area (Å²) in [6.07, 6.45) is 5.75. The van der Waals surface area contributed by atoms with Gasteiger partial charge in [-0.25, -0.2) is 4.98 Å². The molecule has 1 unspecified atom stereocenters. The highest BCUT2D eigenvalue weighted by Gasteiger charge is 2.11. The van der Waals surface area contributed by atoms with Gasteiger partial charge >= 0.3 is 0 Å². The van der Waals surface area contributed by atoms with Gasteiger partial charge in [0.1, 0.15) is 11.5 Å². The van der Waals surface area contributed by atoms with E-state index in [2.05, 4.69) is 36.4 Å². The van der Waals surface area contributed by atoms with Crippen LogP contribution in [0.2, 0.25) is 0 Å². The smallest absolute Gasteiger partial charge is 0.269 e. The fourth-order valence-corrected chi connectivity index (χ4v) is 2.18. The number of unbranched alkanes of at least 4 members (excludes halogenated alkanes) is 1. The van der Waals surface area contributed by atoms with E-state index in [4.69, 9.17) is 0 Å². The van der Waals surface area contributed by atoms with Gasteiger partial charge in [0.2, 0.25) is 0 Å². The number of hydrogen-bond acceptors (Lipinski definition) is 3. The Hall–Kier alpha value is -1.58. The quantitative estimate of drug-likeness (QED) is 0.688. The number of aromatic nitrogens is 1. The molecule has 4 heteroatoms. The van der Waals surface area contributed by atoms with E-state index in [9.17, 15) is 4.79 Å². The zero-order chi connectivity index (χ0) is 15.5. The highest BCUT2D eigenvalue weighted by atomic mass is 16.1. The van der Waals surface area contributed by atoms with Gasteiger partial charge in [0.05, 0.1) is 0 Å². The van der Waals surface area contributed by atoms with E-state index < -0.39 is 0 Å². The molecule has 21 heavy (non-hydrogen) atoms. The van der Waals surface area contributed by atoms with Gasteiger partial charge in [-0.3, -0.25) is 4.79 Å². The van der Waals surface area contributed by atoms with Crippen molar-refractivity contribution in [1.29, 1.82) is 0 Å². The second-order valence-corrected chi connectivity index (χ2v) is 5.46. The molecule has 1 amide bonds. The summed E-state index contributed by atoms with van der Waals surface area (Å²) >= 11 is 0. The summed E-state index contributed by atoms with van der Waals surface area (Å²) in [7, 11) is 0. The van der Waals surface area contributed by atoms with Crippen LogP contribution in [0.3, 0.4) is 0 Å². The Labute approximate surface area is 128 Å². The summed E-state index contributed by atoms with van der Waals surface area (Å²) in [5, 5.41) is 6.22. The first-order valence-corrected chi connectivity index (χ1v) is 8.20. The largest absolute Gasteiger partial charge is 0.370 e. The number of amides is 1. The molecule has 1 aromatic heterocycles. The van der Waals surface area contributed by atoms with E-state index in [1.807, 2.05) is 12.1 Å². The molecule has 1 heterocycles. The third-order valence-electron chi connectivity index (χ3n) is 3.63. The zero-order valence-electron chi connectivity index (χ0n) is 13.6. The van der Waals surface area contributed by atoms with E-state index in [0.29, 0.717) is 11.6 Å². The molecule has 2 N–H and O–H groups in total. The minimum absolute atomic E-state index is 0.0786. The Kier molecular flexibility index (Phi) is 8.48. The second kappa shape index (κ2) is 10.2. The topological polar surface area (TPSA) is 54.0 Å². The number of hydrogen-bond donors (Lipinski definition) is 2. The van der Waals surface area contributed by atoms with Crippen LogP contribution >= 0.6 is 0 Å². The van der Waals surface area contributed by atoms with Crippen molar-refractivity contribution in [1.82, 2.24) is 10.3 Å². The molecule has 1 aromatic rings. The number of anilines is 1. The fourth-order valence-electron chi connectivity index (χ4n) is 2.18. The van der Waals surface area contributed by atoms with E-state index in [-0.39, 0.29) is 5.91 Å². The maximum atomic E-state index is 12.2. The lowest BCUT2D eigenvalue weighted by atomic mass is 9.99. The molecule has 0 aliphatic heterocycles. The van der Waals surface area contributed by atoms with Gasteiger partial charge in [-0.05, 0) is 30.9 Å². The average Bonchev–Trinajstić information content (AvgIpc) is 2.53. The molecule has 0 aliphatic carbocycles. The first-order chi connectivity index (χ1) is 10.2. The number of pyridine rings is 1. The Bertz CT molecular complexity index is 420.